The summed E-state index contributed by atoms with van der Waals surface area (Å²) >= 11 is 0. The van der Waals surface area contributed by atoms with Crippen LogP contribution in [0.5, 0.6) is 0 Å². The van der Waals surface area contributed by atoms with E-state index in [-0.39, 0.29) is 48.3 Å². The maximum Gasteiger partial charge on any atom is 0.326 e. The van der Waals surface area contributed by atoms with E-state index in [1.807, 2.05) is 18.0 Å². The van der Waals surface area contributed by atoms with Crippen LogP contribution in [-0.4, -0.2) is 67.2 Å². The van der Waals surface area contributed by atoms with E-state index in [4.69, 9.17) is 10.5 Å². The maximum absolute atomic E-state index is 12.8. The fourth-order valence-electron chi connectivity index (χ4n) is 4.80. The van der Waals surface area contributed by atoms with Gasteiger partial charge in [0, 0.05) is 24.7 Å². The molecule has 2 aromatic heterocycles. The van der Waals surface area contributed by atoms with Crippen LogP contribution in [0.4, 0.5) is 11.6 Å². The van der Waals surface area contributed by atoms with E-state index in [2.05, 4.69) is 37.9 Å². The molecule has 5 N–H and O–H groups in total. The number of nitrogen functional groups attached to an aromatic ring is 1. The molecule has 0 radical (unpaired) electrons. The molecule has 13 heteroatoms. The van der Waals surface area contributed by atoms with Crippen LogP contribution in [-0.2, 0) is 27.3 Å². The van der Waals surface area contributed by atoms with Crippen molar-refractivity contribution in [1.82, 2.24) is 25.3 Å². The van der Waals surface area contributed by atoms with Crippen molar-refractivity contribution < 1.29 is 29.3 Å². The third-order valence-corrected chi connectivity index (χ3v) is 7.15. The van der Waals surface area contributed by atoms with Crippen LogP contribution in [0.2, 0.25) is 0 Å². The van der Waals surface area contributed by atoms with E-state index in [0.29, 0.717) is 23.4 Å². The van der Waals surface area contributed by atoms with Gasteiger partial charge in [-0.2, -0.15) is 4.98 Å². The molecule has 0 aliphatic heterocycles. The number of hydrogen-bond donors (Lipinski definition) is 4. The molecule has 13 nitrogen and oxygen atoms in total. The van der Waals surface area contributed by atoms with Crippen molar-refractivity contribution in [2.75, 3.05) is 17.7 Å². The van der Waals surface area contributed by atoms with E-state index in [1.165, 1.54) is 0 Å². The molecule has 2 atom stereocenters. The van der Waals surface area contributed by atoms with Gasteiger partial charge >= 0.3 is 11.9 Å². The number of nitrogens with zero attached hydrogens (tertiary/aromatic N) is 5. The molecule has 232 valence electrons. The molecule has 4 rings (SSSR count). The van der Waals surface area contributed by atoms with E-state index in [0.717, 1.165) is 37.8 Å². The highest BCUT2D eigenvalue weighted by Crippen LogP contribution is 2.20. The average molecular weight is 604 g/mol. The van der Waals surface area contributed by atoms with Gasteiger partial charge in [-0.05, 0) is 62.4 Å². The summed E-state index contributed by atoms with van der Waals surface area (Å²) in [5.74, 6) is -2.34. The number of carboxylic acids is 1. The van der Waals surface area contributed by atoms with Crippen LogP contribution in [0.15, 0.2) is 55.0 Å². The second-order valence-electron chi connectivity index (χ2n) is 10.7. The predicted octanol–water partition coefficient (Wildman–Crippen LogP) is 3.65. The first-order valence-electron chi connectivity index (χ1n) is 14.4. The third-order valence-electron chi connectivity index (χ3n) is 7.15. The Bertz CT molecular complexity index is 1540. The SMILES string of the molecule is C=C(O)CC[C@H](NC(=O)c1ccc(N(C)Cc2cnc3nc(N)nc(CC(=O)OC4/C=C/CCCCC4)c3n2)cc1)C(=O)O. The molecule has 1 aromatic carbocycles. The number of amides is 1. The van der Waals surface area contributed by atoms with Gasteiger partial charge < -0.3 is 30.9 Å². The van der Waals surface area contributed by atoms with Gasteiger partial charge in [-0.15, -0.1) is 0 Å². The summed E-state index contributed by atoms with van der Waals surface area (Å²) in [6.07, 6.45) is 10.2. The number of allylic oxidation sites excluding steroid dienone is 2. The first-order chi connectivity index (χ1) is 21.1. The molecule has 44 heavy (non-hydrogen) atoms. The van der Waals surface area contributed by atoms with Gasteiger partial charge in [0.25, 0.3) is 5.91 Å². The van der Waals surface area contributed by atoms with Crippen molar-refractivity contribution >= 4 is 40.6 Å². The fraction of sp³-hybridized carbons (Fsp3) is 0.387. The maximum atomic E-state index is 12.8. The number of ether oxygens (including phenoxy) is 1. The van der Waals surface area contributed by atoms with Crippen LogP contribution in [0, 0.1) is 0 Å². The first-order valence-corrected chi connectivity index (χ1v) is 14.4. The number of rotatable bonds is 12. The zero-order chi connectivity index (χ0) is 31.6. The number of nitrogens with one attached hydrogen (secondary N) is 1. The zero-order valence-electron chi connectivity index (χ0n) is 24.6. The first kappa shape index (κ1) is 31.9. The second-order valence-corrected chi connectivity index (χ2v) is 10.7. The Hall–Kier alpha value is -5.07. The lowest BCUT2D eigenvalue weighted by molar-refractivity contribution is -0.146. The number of carboxylic acid groups (broad SMARTS) is 1. The molecular weight excluding hydrogens is 566 g/mol. The van der Waals surface area contributed by atoms with Gasteiger partial charge in [0.05, 0.1) is 36.3 Å². The number of aliphatic hydroxyl groups is 1. The summed E-state index contributed by atoms with van der Waals surface area (Å²) in [4.78, 5) is 56.3. The van der Waals surface area contributed by atoms with Gasteiger partial charge in [-0.3, -0.25) is 9.59 Å². The molecule has 0 spiro atoms. The van der Waals surface area contributed by atoms with Crippen LogP contribution in [0.1, 0.15) is 66.7 Å². The Morgan fingerprint density at radius 3 is 2.64 bits per heavy atom. The monoisotopic (exact) mass is 603 g/mol. The number of aliphatic carboxylic acids is 1. The van der Waals surface area contributed by atoms with Crippen molar-refractivity contribution in [3.05, 3.63) is 71.9 Å². The number of carbonyl (C=O) groups excluding carboxylic acids is 2. The second kappa shape index (κ2) is 14.9. The standard InChI is InChI=1S/C31H37N7O6/c1-19(39)10-15-24(30(42)43)35-29(41)20-11-13-22(14-12-20)38(2)18-21-17-33-28-27(34-21)25(36-31(32)37-28)16-26(40)44-23-8-6-4-3-5-7-9-23/h6,8,11-14,17,23-24,39H,1,3-5,7,9-10,15-16,18H2,2H3,(H,35,41)(H,42,43)(H2,32,33,36,37)/b8-6+/t23?,24-/m0/s1. The topological polar surface area (TPSA) is 194 Å². The predicted molar refractivity (Wildman–Crippen MR) is 164 cm³/mol. The normalized spacial score (nSPS) is 16.2. The highest BCUT2D eigenvalue weighted by molar-refractivity contribution is 5.96. The van der Waals surface area contributed by atoms with E-state index < -0.39 is 23.9 Å². The van der Waals surface area contributed by atoms with Gasteiger partial charge in [-0.1, -0.05) is 19.1 Å². The summed E-state index contributed by atoms with van der Waals surface area (Å²) in [7, 11) is 1.84. The van der Waals surface area contributed by atoms with Crippen molar-refractivity contribution in [2.45, 2.75) is 70.1 Å². The molecule has 0 saturated heterocycles. The van der Waals surface area contributed by atoms with Crippen LogP contribution in [0.25, 0.3) is 11.2 Å². The van der Waals surface area contributed by atoms with Crippen LogP contribution < -0.4 is 16.0 Å². The van der Waals surface area contributed by atoms with Gasteiger partial charge in [0.1, 0.15) is 17.7 Å². The van der Waals surface area contributed by atoms with E-state index in [9.17, 15) is 24.6 Å². The number of anilines is 2. The van der Waals surface area contributed by atoms with Crippen molar-refractivity contribution in [3.63, 3.8) is 0 Å². The lowest BCUT2D eigenvalue weighted by atomic mass is 10.0. The fourth-order valence-corrected chi connectivity index (χ4v) is 4.80. The number of benzene rings is 1. The number of aliphatic hydroxyl groups excluding tert-OH is 1. The van der Waals surface area contributed by atoms with E-state index in [1.54, 1.807) is 30.5 Å². The molecule has 1 unspecified atom stereocenters. The lowest BCUT2D eigenvalue weighted by Crippen LogP contribution is -2.40. The molecule has 3 aromatic rings. The highest BCUT2D eigenvalue weighted by Gasteiger charge is 2.21. The molecule has 1 amide bonds. The number of fused-ring (bicyclic) bond motifs is 1. The minimum atomic E-state index is -1.20. The summed E-state index contributed by atoms with van der Waals surface area (Å²) in [5.41, 5.74) is 8.49. The Balaban J connectivity index is 1.43. The van der Waals surface area contributed by atoms with Crippen LogP contribution >= 0.6 is 0 Å². The highest BCUT2D eigenvalue weighted by atomic mass is 16.5. The summed E-state index contributed by atoms with van der Waals surface area (Å²) in [5, 5.41) is 21.1. The Kier molecular flexibility index (Phi) is 10.8. The largest absolute Gasteiger partial charge is 0.513 e. The zero-order valence-corrected chi connectivity index (χ0v) is 24.6. The molecular formula is C31H37N7O6. The summed E-state index contributed by atoms with van der Waals surface area (Å²) in [6.45, 7) is 3.68. The minimum absolute atomic E-state index is 0.0111. The summed E-state index contributed by atoms with van der Waals surface area (Å²) in [6, 6.07) is 5.46. The number of esters is 1. The summed E-state index contributed by atoms with van der Waals surface area (Å²) < 4.78 is 5.70. The number of nitrogens with two attached hydrogens (primary N) is 1. The Morgan fingerprint density at radius 2 is 1.91 bits per heavy atom. The van der Waals surface area contributed by atoms with Crippen molar-refractivity contribution in [2.24, 2.45) is 0 Å². The molecule has 0 fully saturated rings. The lowest BCUT2D eigenvalue weighted by Gasteiger charge is -2.20. The Labute approximate surface area is 254 Å². The smallest absolute Gasteiger partial charge is 0.326 e. The third kappa shape index (κ3) is 8.96. The number of aromatic nitrogens is 4. The quantitative estimate of drug-likeness (QED) is 0.134. The molecule has 1 aliphatic rings. The number of hydrogen-bond acceptors (Lipinski definition) is 11. The Morgan fingerprint density at radius 1 is 1.14 bits per heavy atom. The molecule has 1 aliphatic carbocycles. The van der Waals surface area contributed by atoms with Crippen molar-refractivity contribution in [1.29, 1.82) is 0 Å². The van der Waals surface area contributed by atoms with Gasteiger partial charge in [-0.25, -0.2) is 19.7 Å². The average Bonchev–Trinajstić information content (AvgIpc) is 2.96. The molecule has 0 bridgehead atoms. The molecule has 2 heterocycles. The van der Waals surface area contributed by atoms with Crippen LogP contribution in [0.3, 0.4) is 0 Å². The minimum Gasteiger partial charge on any atom is -0.513 e. The molecule has 0 saturated carbocycles. The van der Waals surface area contributed by atoms with E-state index >= 15 is 0 Å². The van der Waals surface area contributed by atoms with Gasteiger partial charge in [0.2, 0.25) is 5.95 Å². The van der Waals surface area contributed by atoms with Gasteiger partial charge in [0.15, 0.2) is 5.65 Å². The number of carbonyl (C=O) groups is 3. The van der Waals surface area contributed by atoms with Crippen molar-refractivity contribution in [3.8, 4) is 0 Å².